The van der Waals surface area contributed by atoms with Crippen LogP contribution in [0.3, 0.4) is 0 Å². The number of nitrogens with zero attached hydrogens (tertiary/aromatic N) is 2. The first kappa shape index (κ1) is 13.9. The fourth-order valence-electron chi connectivity index (χ4n) is 1.80. The minimum Gasteiger partial charge on any atom is -0.444 e. The van der Waals surface area contributed by atoms with Gasteiger partial charge in [-0.3, -0.25) is 9.48 Å². The van der Waals surface area contributed by atoms with Crippen LogP contribution in [0.5, 0.6) is 0 Å². The van der Waals surface area contributed by atoms with E-state index in [4.69, 9.17) is 4.42 Å². The predicted molar refractivity (Wildman–Crippen MR) is 75.2 cm³/mol. The van der Waals surface area contributed by atoms with E-state index in [2.05, 4.69) is 26.3 Å². The van der Waals surface area contributed by atoms with Gasteiger partial charge in [-0.05, 0) is 54.4 Å². The average Bonchev–Trinajstić information content (AvgIpc) is 2.90. The first-order valence-electron chi connectivity index (χ1n) is 6.03. The minimum absolute atomic E-state index is 0.219. The van der Waals surface area contributed by atoms with Crippen LogP contribution in [-0.2, 0) is 6.54 Å². The van der Waals surface area contributed by atoms with Gasteiger partial charge in [-0.2, -0.15) is 5.10 Å². The summed E-state index contributed by atoms with van der Waals surface area (Å²) in [5.41, 5.74) is 3.35. The highest BCUT2D eigenvalue weighted by molar-refractivity contribution is 9.10. The molecule has 0 aliphatic rings. The Bertz CT molecular complexity index is 601. The number of aryl methyl sites for hydroxylation is 1. The molecule has 19 heavy (non-hydrogen) atoms. The number of furan rings is 1. The van der Waals surface area contributed by atoms with Crippen LogP contribution >= 0.6 is 15.9 Å². The van der Waals surface area contributed by atoms with Gasteiger partial charge < -0.3 is 9.73 Å². The third-order valence-corrected chi connectivity index (χ3v) is 3.58. The van der Waals surface area contributed by atoms with Gasteiger partial charge in [0.25, 0.3) is 5.91 Å². The molecule has 5 nitrogen and oxygen atoms in total. The van der Waals surface area contributed by atoms with Crippen LogP contribution in [0.2, 0.25) is 0 Å². The summed E-state index contributed by atoms with van der Waals surface area (Å²) in [6.07, 6.45) is 0. The molecular weight excluding hydrogens is 310 g/mol. The highest BCUT2D eigenvalue weighted by atomic mass is 79.9. The van der Waals surface area contributed by atoms with Crippen LogP contribution in [0, 0.1) is 20.8 Å². The molecule has 2 rings (SSSR count). The van der Waals surface area contributed by atoms with Crippen molar-refractivity contribution in [2.24, 2.45) is 0 Å². The van der Waals surface area contributed by atoms with Crippen molar-refractivity contribution >= 4 is 21.8 Å². The van der Waals surface area contributed by atoms with E-state index in [1.54, 1.807) is 12.1 Å². The van der Waals surface area contributed by atoms with Crippen LogP contribution in [0.25, 0.3) is 0 Å². The molecule has 0 fully saturated rings. The molecule has 2 heterocycles. The molecule has 1 N–H and O–H groups in total. The lowest BCUT2D eigenvalue weighted by atomic mass is 10.2. The summed E-state index contributed by atoms with van der Waals surface area (Å²) in [5, 5.41) is 7.22. The zero-order valence-electron chi connectivity index (χ0n) is 11.2. The molecule has 0 radical (unpaired) electrons. The zero-order valence-corrected chi connectivity index (χ0v) is 12.7. The molecule has 0 spiro atoms. The summed E-state index contributed by atoms with van der Waals surface area (Å²) in [7, 11) is 0. The molecule has 6 heteroatoms. The summed E-state index contributed by atoms with van der Waals surface area (Å²) in [5.74, 6) is 0.0837. The number of hydrogen-bond acceptors (Lipinski definition) is 3. The van der Waals surface area contributed by atoms with E-state index in [0.717, 1.165) is 11.4 Å². The number of amides is 1. The van der Waals surface area contributed by atoms with Gasteiger partial charge in [0, 0.05) is 12.2 Å². The third kappa shape index (κ3) is 3.07. The van der Waals surface area contributed by atoms with Gasteiger partial charge >= 0.3 is 0 Å². The lowest BCUT2D eigenvalue weighted by molar-refractivity contribution is 0.0923. The zero-order chi connectivity index (χ0) is 14.0. The number of carbonyl (C=O) groups is 1. The number of hydrogen-bond donors (Lipinski definition) is 1. The summed E-state index contributed by atoms with van der Waals surface area (Å²) in [6, 6.07) is 3.33. The Hall–Kier alpha value is -1.56. The van der Waals surface area contributed by atoms with E-state index in [-0.39, 0.29) is 5.91 Å². The second-order valence-corrected chi connectivity index (χ2v) is 5.16. The second-order valence-electron chi connectivity index (χ2n) is 4.38. The Kier molecular flexibility index (Phi) is 4.09. The summed E-state index contributed by atoms with van der Waals surface area (Å²) < 4.78 is 7.63. The van der Waals surface area contributed by atoms with E-state index < -0.39 is 0 Å². The molecule has 2 aromatic rings. The van der Waals surface area contributed by atoms with Gasteiger partial charge in [0.15, 0.2) is 10.4 Å². The first-order chi connectivity index (χ1) is 8.99. The number of rotatable bonds is 4. The van der Waals surface area contributed by atoms with Crippen molar-refractivity contribution in [2.45, 2.75) is 27.3 Å². The normalized spacial score (nSPS) is 10.7. The van der Waals surface area contributed by atoms with Crippen molar-refractivity contribution in [1.29, 1.82) is 0 Å². The van der Waals surface area contributed by atoms with Crippen LogP contribution in [-0.4, -0.2) is 22.2 Å². The van der Waals surface area contributed by atoms with Gasteiger partial charge in [0.2, 0.25) is 0 Å². The Balaban J connectivity index is 1.90. The molecule has 0 aromatic carbocycles. The molecule has 2 aromatic heterocycles. The second kappa shape index (κ2) is 5.61. The molecule has 0 aliphatic carbocycles. The van der Waals surface area contributed by atoms with Crippen molar-refractivity contribution in [3.63, 3.8) is 0 Å². The molecule has 0 bridgehead atoms. The van der Waals surface area contributed by atoms with Gasteiger partial charge in [0.05, 0.1) is 12.2 Å². The lowest BCUT2D eigenvalue weighted by Crippen LogP contribution is -2.27. The van der Waals surface area contributed by atoms with E-state index in [0.29, 0.717) is 23.5 Å². The topological polar surface area (TPSA) is 60.1 Å². The quantitative estimate of drug-likeness (QED) is 0.939. The van der Waals surface area contributed by atoms with Crippen molar-refractivity contribution in [3.8, 4) is 0 Å². The van der Waals surface area contributed by atoms with E-state index in [1.165, 1.54) is 5.56 Å². The summed E-state index contributed by atoms with van der Waals surface area (Å²) in [4.78, 5) is 11.7. The van der Waals surface area contributed by atoms with Crippen molar-refractivity contribution in [1.82, 2.24) is 15.1 Å². The maximum Gasteiger partial charge on any atom is 0.287 e. The predicted octanol–water partition coefficient (Wildman–Crippen LogP) is 2.59. The fourth-order valence-corrected chi connectivity index (χ4v) is 2.11. The van der Waals surface area contributed by atoms with Crippen LogP contribution in [0.1, 0.15) is 27.5 Å². The molecule has 0 saturated heterocycles. The molecule has 1 amide bonds. The Labute approximate surface area is 120 Å². The maximum absolute atomic E-state index is 11.7. The molecule has 0 unspecified atom stereocenters. The molecule has 0 saturated carbocycles. The fraction of sp³-hybridized carbons (Fsp3) is 0.385. The molecule has 102 valence electrons. The number of nitrogens with one attached hydrogen (secondary N) is 1. The molecule has 0 atom stereocenters. The number of halogens is 1. The SMILES string of the molecule is Cc1nn(CCNC(=O)c2ccc(Br)o2)c(C)c1C. The van der Waals surface area contributed by atoms with E-state index in [9.17, 15) is 4.79 Å². The first-order valence-corrected chi connectivity index (χ1v) is 6.82. The van der Waals surface area contributed by atoms with Crippen molar-refractivity contribution < 1.29 is 9.21 Å². The lowest BCUT2D eigenvalue weighted by Gasteiger charge is -2.05. The van der Waals surface area contributed by atoms with Gasteiger partial charge in [-0.25, -0.2) is 0 Å². The van der Waals surface area contributed by atoms with Crippen molar-refractivity contribution in [2.75, 3.05) is 6.54 Å². The van der Waals surface area contributed by atoms with Crippen LogP contribution < -0.4 is 5.32 Å². The van der Waals surface area contributed by atoms with Crippen LogP contribution in [0.15, 0.2) is 21.2 Å². The smallest absolute Gasteiger partial charge is 0.287 e. The van der Waals surface area contributed by atoms with E-state index >= 15 is 0 Å². The summed E-state index contributed by atoms with van der Waals surface area (Å²) >= 11 is 3.16. The largest absolute Gasteiger partial charge is 0.444 e. The Morgan fingerprint density at radius 3 is 2.68 bits per heavy atom. The molecule has 0 aliphatic heterocycles. The summed E-state index contributed by atoms with van der Waals surface area (Å²) in [6.45, 7) is 7.22. The average molecular weight is 326 g/mol. The van der Waals surface area contributed by atoms with Gasteiger partial charge in [-0.1, -0.05) is 0 Å². The highest BCUT2D eigenvalue weighted by Gasteiger charge is 2.11. The maximum atomic E-state index is 11.7. The van der Waals surface area contributed by atoms with E-state index in [1.807, 2.05) is 25.5 Å². The highest BCUT2D eigenvalue weighted by Crippen LogP contribution is 2.14. The Morgan fingerprint density at radius 1 is 1.42 bits per heavy atom. The minimum atomic E-state index is -0.219. The monoisotopic (exact) mass is 325 g/mol. The molecular formula is C13H16BrN3O2. The third-order valence-electron chi connectivity index (χ3n) is 3.15. The number of carbonyl (C=O) groups excluding carboxylic acids is 1. The van der Waals surface area contributed by atoms with Crippen LogP contribution in [0.4, 0.5) is 0 Å². The number of aromatic nitrogens is 2. The standard InChI is InChI=1S/C13H16BrN3O2/c1-8-9(2)16-17(10(8)3)7-6-15-13(18)11-4-5-12(14)19-11/h4-5H,6-7H2,1-3H3,(H,15,18). The van der Waals surface area contributed by atoms with Gasteiger partial charge in [0.1, 0.15) is 0 Å². The van der Waals surface area contributed by atoms with Gasteiger partial charge in [-0.15, -0.1) is 0 Å². The van der Waals surface area contributed by atoms with Crippen molar-refractivity contribution in [3.05, 3.63) is 39.5 Å². The Morgan fingerprint density at radius 2 is 2.16 bits per heavy atom.